The van der Waals surface area contributed by atoms with E-state index in [2.05, 4.69) is 9.97 Å². The summed E-state index contributed by atoms with van der Waals surface area (Å²) in [7, 11) is 1.56. The number of rotatable bonds is 6. The Hall–Kier alpha value is -1.98. The van der Waals surface area contributed by atoms with E-state index < -0.39 is 24.5 Å². The van der Waals surface area contributed by atoms with E-state index in [9.17, 15) is 10.2 Å². The number of pyridine rings is 1. The lowest BCUT2D eigenvalue weighted by Crippen LogP contribution is -2.36. The van der Waals surface area contributed by atoms with Crippen molar-refractivity contribution in [1.82, 2.24) is 14.5 Å². The second kappa shape index (κ2) is 6.87. The van der Waals surface area contributed by atoms with Crippen LogP contribution in [0.2, 0.25) is 0 Å². The predicted molar refractivity (Wildman–Crippen MR) is 85.0 cm³/mol. The van der Waals surface area contributed by atoms with Crippen molar-refractivity contribution >= 4 is 22.7 Å². The average molecular weight is 339 g/mol. The highest BCUT2D eigenvalue weighted by Gasteiger charge is 2.45. The lowest BCUT2D eigenvalue weighted by atomic mass is 10.1. The van der Waals surface area contributed by atoms with Crippen molar-refractivity contribution in [2.24, 2.45) is 0 Å². The second-order valence-corrected chi connectivity index (χ2v) is 5.52. The molecule has 0 aliphatic carbocycles. The summed E-state index contributed by atoms with van der Waals surface area (Å²) in [6.45, 7) is 0.309. The van der Waals surface area contributed by atoms with Crippen LogP contribution in [0.5, 0.6) is 0 Å². The number of imidazole rings is 1. The summed E-state index contributed by atoms with van der Waals surface area (Å²) >= 11 is 0. The Morgan fingerprint density at radius 2 is 2.17 bits per heavy atom. The minimum atomic E-state index is -0.995. The molecule has 0 bridgehead atoms. The van der Waals surface area contributed by atoms with Gasteiger partial charge < -0.3 is 40.5 Å². The van der Waals surface area contributed by atoms with Crippen molar-refractivity contribution in [2.45, 2.75) is 24.5 Å². The number of anilines is 2. The van der Waals surface area contributed by atoms with Crippen LogP contribution in [-0.2, 0) is 14.2 Å². The van der Waals surface area contributed by atoms with E-state index in [1.54, 1.807) is 17.7 Å². The molecule has 4 atom stereocenters. The van der Waals surface area contributed by atoms with Gasteiger partial charge in [-0.1, -0.05) is 0 Å². The van der Waals surface area contributed by atoms with Crippen molar-refractivity contribution in [1.29, 1.82) is 0 Å². The fraction of sp³-hybridized carbons (Fsp3) is 0.571. The van der Waals surface area contributed by atoms with Crippen LogP contribution in [0.1, 0.15) is 6.23 Å². The van der Waals surface area contributed by atoms with Crippen molar-refractivity contribution in [3.8, 4) is 0 Å². The van der Waals surface area contributed by atoms with E-state index >= 15 is 0 Å². The molecule has 1 aliphatic heterocycles. The van der Waals surface area contributed by atoms with Crippen molar-refractivity contribution in [3.63, 3.8) is 0 Å². The zero-order valence-electron chi connectivity index (χ0n) is 13.2. The van der Waals surface area contributed by atoms with E-state index in [1.165, 1.54) is 6.33 Å². The van der Waals surface area contributed by atoms with Gasteiger partial charge in [0, 0.05) is 13.2 Å². The molecule has 1 fully saturated rings. The Bertz CT molecular complexity index is 708. The Morgan fingerprint density at radius 1 is 1.38 bits per heavy atom. The van der Waals surface area contributed by atoms with E-state index in [4.69, 9.17) is 25.7 Å². The van der Waals surface area contributed by atoms with E-state index in [0.29, 0.717) is 17.6 Å². The van der Waals surface area contributed by atoms with Gasteiger partial charge in [-0.2, -0.15) is 0 Å². The summed E-state index contributed by atoms with van der Waals surface area (Å²) in [4.78, 5) is 8.20. The molecule has 10 heteroatoms. The van der Waals surface area contributed by atoms with Crippen LogP contribution in [0.25, 0.3) is 11.0 Å². The number of nitrogens with zero attached hydrogens (tertiary/aromatic N) is 3. The highest BCUT2D eigenvalue weighted by Crippen LogP contribution is 2.34. The highest BCUT2D eigenvalue weighted by atomic mass is 16.6. The van der Waals surface area contributed by atoms with Crippen molar-refractivity contribution < 1.29 is 24.4 Å². The van der Waals surface area contributed by atoms with Crippen LogP contribution >= 0.6 is 0 Å². The number of methoxy groups -OCH3 is 1. The van der Waals surface area contributed by atoms with Crippen LogP contribution in [0.15, 0.2) is 12.4 Å². The molecule has 0 radical (unpaired) electrons. The van der Waals surface area contributed by atoms with Gasteiger partial charge in [-0.05, 0) is 0 Å². The standard InChI is InChI=1S/C14H21N5O5/c1-22-2-3-23-12-11(21)8(5-20)24-14(12)19-6-17-10-7(19)4-9(15)18-13(10)16/h4,6,8,11-12,14,20-21H,2-3,5H2,1H3,(H4,15,16,18)/t8-,11-,12-,14-/m1/s1. The molecule has 3 rings (SSSR count). The molecule has 1 saturated heterocycles. The van der Waals surface area contributed by atoms with Gasteiger partial charge in [-0.25, -0.2) is 9.97 Å². The van der Waals surface area contributed by atoms with Crippen LogP contribution in [0.4, 0.5) is 11.6 Å². The van der Waals surface area contributed by atoms with Crippen molar-refractivity contribution in [3.05, 3.63) is 12.4 Å². The molecule has 132 valence electrons. The SMILES string of the molecule is COCCO[C@@H]1[C@H](O)[C@@H](CO)O[C@H]1n1cnc2c(N)nc(N)cc21. The monoisotopic (exact) mass is 339 g/mol. The van der Waals surface area contributed by atoms with Crippen LogP contribution in [0.3, 0.4) is 0 Å². The summed E-state index contributed by atoms with van der Waals surface area (Å²) in [6, 6.07) is 1.62. The van der Waals surface area contributed by atoms with Gasteiger partial charge in [0.05, 0.1) is 31.7 Å². The van der Waals surface area contributed by atoms with E-state index in [-0.39, 0.29) is 24.8 Å². The van der Waals surface area contributed by atoms with E-state index in [1.807, 2.05) is 0 Å². The van der Waals surface area contributed by atoms with Crippen LogP contribution in [0, 0.1) is 0 Å². The number of aromatic nitrogens is 3. The van der Waals surface area contributed by atoms with E-state index in [0.717, 1.165) is 0 Å². The van der Waals surface area contributed by atoms with Gasteiger partial charge in [-0.3, -0.25) is 0 Å². The Balaban J connectivity index is 1.96. The molecule has 0 spiro atoms. The number of aliphatic hydroxyl groups is 2. The highest BCUT2D eigenvalue weighted by molar-refractivity contribution is 5.87. The molecule has 1 aliphatic rings. The first-order chi connectivity index (χ1) is 11.6. The Morgan fingerprint density at radius 3 is 2.88 bits per heavy atom. The maximum absolute atomic E-state index is 10.4. The number of aliphatic hydroxyl groups excluding tert-OH is 2. The molecule has 6 N–H and O–H groups in total. The first-order valence-corrected chi connectivity index (χ1v) is 7.50. The average Bonchev–Trinajstić information content (AvgIpc) is 3.09. The molecule has 2 aromatic heterocycles. The topological polar surface area (TPSA) is 151 Å². The molecule has 0 saturated carbocycles. The van der Waals surface area contributed by atoms with Crippen LogP contribution in [-0.4, -0.2) is 70.0 Å². The molecule has 0 amide bonds. The third-order valence-electron chi connectivity index (χ3n) is 3.97. The lowest BCUT2D eigenvalue weighted by Gasteiger charge is -2.22. The maximum Gasteiger partial charge on any atom is 0.164 e. The number of hydrogen-bond donors (Lipinski definition) is 4. The Kier molecular flexibility index (Phi) is 4.83. The quantitative estimate of drug-likeness (QED) is 0.479. The number of nitrogens with two attached hydrogens (primary N) is 2. The zero-order chi connectivity index (χ0) is 17.3. The summed E-state index contributed by atoms with van der Waals surface area (Å²) in [5, 5.41) is 19.8. The molecule has 0 unspecified atom stereocenters. The molecule has 24 heavy (non-hydrogen) atoms. The maximum atomic E-state index is 10.4. The van der Waals surface area contributed by atoms with Gasteiger partial charge in [0.1, 0.15) is 29.6 Å². The summed E-state index contributed by atoms with van der Waals surface area (Å²) in [5.41, 5.74) is 12.7. The number of hydrogen-bond acceptors (Lipinski definition) is 9. The fourth-order valence-electron chi connectivity index (χ4n) is 2.82. The summed E-state index contributed by atoms with van der Waals surface area (Å²) < 4.78 is 18.1. The predicted octanol–water partition coefficient (Wildman–Crippen LogP) is -1.12. The Labute approximate surface area is 137 Å². The molecular weight excluding hydrogens is 318 g/mol. The lowest BCUT2D eigenvalue weighted by molar-refractivity contribution is -0.0783. The first-order valence-electron chi connectivity index (χ1n) is 7.50. The zero-order valence-corrected chi connectivity index (χ0v) is 13.2. The van der Waals surface area contributed by atoms with Gasteiger partial charge in [0.2, 0.25) is 0 Å². The molecule has 2 aromatic rings. The minimum Gasteiger partial charge on any atom is -0.394 e. The fourth-order valence-corrected chi connectivity index (χ4v) is 2.82. The molecule has 0 aromatic carbocycles. The van der Waals surface area contributed by atoms with Crippen molar-refractivity contribution in [2.75, 3.05) is 38.4 Å². The molecule has 10 nitrogen and oxygen atoms in total. The van der Waals surface area contributed by atoms with Gasteiger partial charge in [0.25, 0.3) is 0 Å². The summed E-state index contributed by atoms with van der Waals surface area (Å²) in [6.07, 6.45) is -1.64. The molecular formula is C14H21N5O5. The second-order valence-electron chi connectivity index (χ2n) is 5.52. The van der Waals surface area contributed by atoms with Gasteiger partial charge in [0.15, 0.2) is 12.0 Å². The normalized spacial score (nSPS) is 27.1. The smallest absolute Gasteiger partial charge is 0.164 e. The van der Waals surface area contributed by atoms with Gasteiger partial charge in [-0.15, -0.1) is 0 Å². The number of ether oxygens (including phenoxy) is 3. The van der Waals surface area contributed by atoms with Gasteiger partial charge >= 0.3 is 0 Å². The molecule has 3 heterocycles. The number of fused-ring (bicyclic) bond motifs is 1. The first kappa shape index (κ1) is 16.9. The summed E-state index contributed by atoms with van der Waals surface area (Å²) in [5.74, 6) is 0.453. The largest absolute Gasteiger partial charge is 0.394 e. The minimum absolute atomic E-state index is 0.206. The third-order valence-corrected chi connectivity index (χ3v) is 3.97. The van der Waals surface area contributed by atoms with Crippen LogP contribution < -0.4 is 11.5 Å². The third kappa shape index (κ3) is 2.89. The number of nitrogen functional groups attached to an aromatic ring is 2.